The third-order valence-corrected chi connectivity index (χ3v) is 4.65. The van der Waals surface area contributed by atoms with Crippen molar-refractivity contribution >= 4 is 29.8 Å². The highest BCUT2D eigenvalue weighted by Crippen LogP contribution is 2.28. The molecule has 2 heterocycles. The summed E-state index contributed by atoms with van der Waals surface area (Å²) in [5.41, 5.74) is -2.45. The van der Waals surface area contributed by atoms with Crippen molar-refractivity contribution in [3.05, 3.63) is 84.5 Å². The van der Waals surface area contributed by atoms with Crippen LogP contribution in [0.5, 0.6) is 0 Å². The van der Waals surface area contributed by atoms with Gasteiger partial charge in [-0.25, -0.2) is 9.59 Å². The Kier molecular flexibility index (Phi) is 6.70. The van der Waals surface area contributed by atoms with Crippen molar-refractivity contribution in [1.82, 2.24) is 4.98 Å². The van der Waals surface area contributed by atoms with E-state index in [-0.39, 0.29) is 46.1 Å². The number of carbonyl (C=O) groups is 2. The maximum atomic E-state index is 12.2. The lowest BCUT2D eigenvalue weighted by molar-refractivity contribution is -0.386. The van der Waals surface area contributed by atoms with Crippen LogP contribution < -0.4 is 5.56 Å². The number of nitrogens with zero attached hydrogens (tertiary/aromatic N) is 2. The van der Waals surface area contributed by atoms with Crippen molar-refractivity contribution < 1.29 is 33.9 Å². The Morgan fingerprint density at radius 2 is 1.85 bits per heavy atom. The minimum atomic E-state index is -1.32. The average molecular weight is 465 g/mol. The molecule has 2 aromatic heterocycles. The molecule has 0 bridgehead atoms. The second kappa shape index (κ2) is 9.63. The lowest BCUT2D eigenvalue weighted by atomic mass is 10.0. The number of aromatic carboxylic acids is 2. The molecule has 3 N–H and O–H groups in total. The van der Waals surface area contributed by atoms with Gasteiger partial charge >= 0.3 is 11.9 Å². The van der Waals surface area contributed by atoms with Crippen LogP contribution in [-0.2, 0) is 11.3 Å². The Morgan fingerprint density at radius 3 is 2.38 bits per heavy atom. The Bertz CT molecular complexity index is 1410. The van der Waals surface area contributed by atoms with Crippen LogP contribution in [0.1, 0.15) is 43.3 Å². The van der Waals surface area contributed by atoms with Crippen LogP contribution in [0.15, 0.2) is 39.5 Å². The number of H-pyrrole nitrogens is 1. The van der Waals surface area contributed by atoms with E-state index >= 15 is 0 Å². The van der Waals surface area contributed by atoms with Gasteiger partial charge in [-0.15, -0.1) is 0 Å². The summed E-state index contributed by atoms with van der Waals surface area (Å²) in [6.07, 6.45) is 2.52. The molecule has 0 aliphatic rings. The number of pyridine rings is 1. The van der Waals surface area contributed by atoms with E-state index in [1.807, 2.05) is 0 Å². The standard InChI is InChI=1S/C22H15N3O9/c1-33-10-16-15(9-23)20(26)24-17(19(16)25(31)32)4-2-14-3-5-18(34-14)11-6-12(21(27)28)8-13(7-11)22(29)30/h2-8H,10H2,1H3,(H,24,26)(H,27,28)(H,29,30). The summed E-state index contributed by atoms with van der Waals surface area (Å²) in [5.74, 6) is -2.33. The third-order valence-electron chi connectivity index (χ3n) is 4.65. The Labute approximate surface area is 190 Å². The van der Waals surface area contributed by atoms with Gasteiger partial charge in [0, 0.05) is 12.7 Å². The first-order chi connectivity index (χ1) is 16.2. The number of nitro groups is 1. The van der Waals surface area contributed by atoms with Crippen molar-refractivity contribution in [2.45, 2.75) is 6.61 Å². The summed E-state index contributed by atoms with van der Waals surface area (Å²) in [7, 11) is 1.26. The smallest absolute Gasteiger partial charge is 0.335 e. The number of aromatic amines is 1. The predicted octanol–water partition coefficient (Wildman–Crippen LogP) is 3.13. The summed E-state index contributed by atoms with van der Waals surface area (Å²) in [5, 5.41) is 39.3. The predicted molar refractivity (Wildman–Crippen MR) is 116 cm³/mol. The second-order valence-electron chi connectivity index (χ2n) is 6.82. The van der Waals surface area contributed by atoms with Crippen molar-refractivity contribution in [3.8, 4) is 17.4 Å². The van der Waals surface area contributed by atoms with E-state index in [4.69, 9.17) is 9.15 Å². The highest BCUT2D eigenvalue weighted by molar-refractivity contribution is 5.95. The molecule has 34 heavy (non-hydrogen) atoms. The molecular weight excluding hydrogens is 450 g/mol. The normalized spacial score (nSPS) is 10.8. The second-order valence-corrected chi connectivity index (χ2v) is 6.82. The zero-order valence-electron chi connectivity index (χ0n) is 17.4. The molecule has 3 aromatic rings. The maximum Gasteiger partial charge on any atom is 0.335 e. The number of ether oxygens (including phenoxy) is 1. The van der Waals surface area contributed by atoms with Gasteiger partial charge in [-0.2, -0.15) is 5.26 Å². The molecule has 12 heteroatoms. The van der Waals surface area contributed by atoms with Gasteiger partial charge in [0.2, 0.25) is 0 Å². The number of methoxy groups -OCH3 is 1. The molecule has 0 saturated heterocycles. The van der Waals surface area contributed by atoms with Crippen molar-refractivity contribution in [2.75, 3.05) is 7.11 Å². The van der Waals surface area contributed by atoms with E-state index in [2.05, 4.69) is 4.98 Å². The van der Waals surface area contributed by atoms with Gasteiger partial charge in [0.25, 0.3) is 11.2 Å². The zero-order valence-corrected chi connectivity index (χ0v) is 17.4. The van der Waals surface area contributed by atoms with Gasteiger partial charge in [0.15, 0.2) is 0 Å². The molecule has 12 nitrogen and oxygen atoms in total. The average Bonchev–Trinajstić information content (AvgIpc) is 3.26. The van der Waals surface area contributed by atoms with E-state index in [0.717, 1.165) is 6.07 Å². The van der Waals surface area contributed by atoms with Crippen molar-refractivity contribution in [1.29, 1.82) is 5.26 Å². The van der Waals surface area contributed by atoms with Gasteiger partial charge in [0.05, 0.1) is 28.2 Å². The summed E-state index contributed by atoms with van der Waals surface area (Å²) in [6.45, 7) is -0.333. The number of nitrogens with one attached hydrogen (secondary N) is 1. The van der Waals surface area contributed by atoms with Crippen LogP contribution in [0.3, 0.4) is 0 Å². The largest absolute Gasteiger partial charge is 0.478 e. The number of carboxylic acids is 2. The fourth-order valence-electron chi connectivity index (χ4n) is 3.17. The molecule has 172 valence electrons. The molecule has 0 saturated carbocycles. The summed E-state index contributed by atoms with van der Waals surface area (Å²) >= 11 is 0. The first kappa shape index (κ1) is 23.6. The third kappa shape index (κ3) is 4.74. The number of carboxylic acid groups (broad SMARTS) is 2. The van der Waals surface area contributed by atoms with E-state index in [9.17, 15) is 40.0 Å². The highest BCUT2D eigenvalue weighted by atomic mass is 16.6. The summed E-state index contributed by atoms with van der Waals surface area (Å²) < 4.78 is 10.5. The van der Waals surface area contributed by atoms with Crippen LogP contribution in [0, 0.1) is 21.4 Å². The topological polar surface area (TPSA) is 197 Å². The van der Waals surface area contributed by atoms with E-state index in [1.54, 1.807) is 6.07 Å². The first-order valence-corrected chi connectivity index (χ1v) is 9.38. The number of benzene rings is 1. The lowest BCUT2D eigenvalue weighted by Crippen LogP contribution is -2.18. The van der Waals surface area contributed by atoms with Gasteiger partial charge in [-0.3, -0.25) is 14.9 Å². The fraction of sp³-hybridized carbons (Fsp3) is 0.0909. The minimum Gasteiger partial charge on any atom is -0.478 e. The molecule has 1 aromatic carbocycles. The monoisotopic (exact) mass is 465 g/mol. The number of furan rings is 1. The van der Waals surface area contributed by atoms with Crippen molar-refractivity contribution in [3.63, 3.8) is 0 Å². The maximum absolute atomic E-state index is 12.2. The molecule has 0 amide bonds. The number of rotatable bonds is 8. The summed E-state index contributed by atoms with van der Waals surface area (Å²) in [6, 6.07) is 8.04. The molecule has 0 aliphatic carbocycles. The quantitative estimate of drug-likeness (QED) is 0.328. The molecule has 0 atom stereocenters. The SMILES string of the molecule is COCc1c([N+](=O)[O-])c(C=Cc2ccc(-c3cc(C(=O)O)cc(C(=O)O)c3)o2)[nH]c(=O)c1C#N. The number of nitriles is 1. The molecule has 0 aliphatic heterocycles. The van der Waals surface area contributed by atoms with Gasteiger partial charge in [-0.05, 0) is 42.5 Å². The first-order valence-electron chi connectivity index (χ1n) is 9.38. The molecule has 0 fully saturated rings. The van der Waals surface area contributed by atoms with Crippen LogP contribution >= 0.6 is 0 Å². The van der Waals surface area contributed by atoms with Crippen LogP contribution in [0.2, 0.25) is 0 Å². The fourth-order valence-corrected chi connectivity index (χ4v) is 3.17. The van der Waals surface area contributed by atoms with Crippen LogP contribution in [0.25, 0.3) is 23.5 Å². The molecular formula is C22H15N3O9. The van der Waals surface area contributed by atoms with Crippen molar-refractivity contribution in [2.24, 2.45) is 0 Å². The van der Waals surface area contributed by atoms with Gasteiger partial charge in [0.1, 0.15) is 28.8 Å². The summed E-state index contributed by atoms with van der Waals surface area (Å²) in [4.78, 5) is 48.0. The molecule has 3 rings (SSSR count). The Morgan fingerprint density at radius 1 is 1.21 bits per heavy atom. The van der Waals surface area contributed by atoms with E-state index < -0.39 is 33.7 Å². The highest BCUT2D eigenvalue weighted by Gasteiger charge is 2.25. The number of hydrogen-bond donors (Lipinski definition) is 3. The van der Waals surface area contributed by atoms with E-state index in [0.29, 0.717) is 0 Å². The Balaban J connectivity index is 2.05. The Hall–Kier alpha value is -5.02. The lowest BCUT2D eigenvalue weighted by Gasteiger charge is -2.06. The van der Waals surface area contributed by atoms with E-state index in [1.165, 1.54) is 43.5 Å². The van der Waals surface area contributed by atoms with Gasteiger partial charge in [-0.1, -0.05) is 0 Å². The minimum absolute atomic E-state index is 0.146. The number of aromatic nitrogens is 1. The van der Waals surface area contributed by atoms with Gasteiger partial charge < -0.3 is 24.4 Å². The number of hydrogen-bond acceptors (Lipinski definition) is 8. The van der Waals surface area contributed by atoms with Crippen LogP contribution in [-0.4, -0.2) is 39.2 Å². The molecule has 0 unspecified atom stereocenters. The van der Waals surface area contributed by atoms with Crippen LogP contribution in [0.4, 0.5) is 5.69 Å². The molecule has 0 radical (unpaired) electrons. The zero-order chi connectivity index (χ0) is 25.0. The molecule has 0 spiro atoms.